The molecule has 30 heavy (non-hydrogen) atoms. The van der Waals surface area contributed by atoms with Gasteiger partial charge >= 0.3 is 0 Å². The minimum Gasteiger partial charge on any atom is -0.434 e. The topological polar surface area (TPSA) is 80.0 Å². The first kappa shape index (κ1) is 20.6. The number of nitrogens with zero attached hydrogens (tertiary/aromatic N) is 2. The summed E-state index contributed by atoms with van der Waals surface area (Å²) in [7, 11) is 0. The average Bonchev–Trinajstić information content (AvgIpc) is 3.15. The third kappa shape index (κ3) is 4.39. The highest BCUT2D eigenvalue weighted by Gasteiger charge is 2.15. The molecule has 0 atom stereocenters. The molecule has 1 amide bonds. The third-order valence-corrected chi connectivity index (χ3v) is 5.12. The molecule has 4 aromatic rings. The summed E-state index contributed by atoms with van der Waals surface area (Å²) >= 11 is 23.5. The van der Waals surface area contributed by atoms with Gasteiger partial charge in [0.05, 0.1) is 21.2 Å². The monoisotopic (exact) mass is 476 g/mol. The van der Waals surface area contributed by atoms with Crippen LogP contribution in [-0.2, 0) is 0 Å². The van der Waals surface area contributed by atoms with Crippen molar-refractivity contribution < 1.29 is 9.21 Å². The number of carbonyl (C=O) groups is 1. The molecule has 150 valence electrons. The Balaban J connectivity index is 1.53. The fourth-order valence-corrected chi connectivity index (χ4v) is 3.44. The lowest BCUT2D eigenvalue weighted by Crippen LogP contribution is -2.34. The zero-order chi connectivity index (χ0) is 21.3. The second-order valence-electron chi connectivity index (χ2n) is 6.07. The number of benzene rings is 2. The lowest BCUT2D eigenvalue weighted by atomic mass is 10.2. The normalized spacial score (nSPS) is 10.8. The van der Waals surface area contributed by atoms with Gasteiger partial charge in [0.1, 0.15) is 0 Å². The van der Waals surface area contributed by atoms with Crippen molar-refractivity contribution in [2.45, 2.75) is 0 Å². The number of carbonyl (C=O) groups excluding carboxylic acids is 1. The lowest BCUT2D eigenvalue weighted by Gasteiger charge is -2.11. The van der Waals surface area contributed by atoms with Gasteiger partial charge in [-0.25, -0.2) is 4.98 Å². The third-order valence-electron chi connectivity index (χ3n) is 4.02. The quantitative estimate of drug-likeness (QED) is 0.354. The number of thiocarbonyl (C=S) groups is 1. The molecular weight excluding hydrogens is 467 g/mol. The van der Waals surface area contributed by atoms with Gasteiger partial charge in [-0.3, -0.25) is 10.1 Å². The number of fused-ring (bicyclic) bond motifs is 1. The van der Waals surface area contributed by atoms with E-state index in [-0.39, 0.29) is 15.7 Å². The summed E-state index contributed by atoms with van der Waals surface area (Å²) in [6.45, 7) is 0. The zero-order valence-corrected chi connectivity index (χ0v) is 18.0. The summed E-state index contributed by atoms with van der Waals surface area (Å²) in [5.41, 5.74) is 2.36. The fourth-order valence-electron chi connectivity index (χ4n) is 2.66. The van der Waals surface area contributed by atoms with Gasteiger partial charge in [0.15, 0.2) is 16.3 Å². The molecule has 0 aliphatic carbocycles. The van der Waals surface area contributed by atoms with Crippen LogP contribution in [-0.4, -0.2) is 21.0 Å². The number of halogens is 3. The number of rotatable bonds is 3. The molecule has 0 unspecified atom stereocenters. The molecule has 0 aliphatic rings. The van der Waals surface area contributed by atoms with Crippen molar-refractivity contribution in [3.8, 4) is 11.5 Å². The summed E-state index contributed by atoms with van der Waals surface area (Å²) < 4.78 is 5.73. The molecular formula is C20H11Cl3N4O2S. The van der Waals surface area contributed by atoms with Crippen molar-refractivity contribution in [3.63, 3.8) is 0 Å². The highest BCUT2D eigenvalue weighted by atomic mass is 35.5. The van der Waals surface area contributed by atoms with Crippen LogP contribution in [0.2, 0.25) is 15.1 Å². The van der Waals surface area contributed by atoms with Crippen LogP contribution < -0.4 is 10.6 Å². The van der Waals surface area contributed by atoms with Crippen LogP contribution in [0.15, 0.2) is 59.1 Å². The Morgan fingerprint density at radius 1 is 1.03 bits per heavy atom. The number of aromatic nitrogens is 2. The Hall–Kier alpha value is -2.71. The van der Waals surface area contributed by atoms with Crippen molar-refractivity contribution >= 4 is 75.0 Å². The fraction of sp³-hybridized carbons (Fsp3) is 0. The molecule has 0 spiro atoms. The number of amides is 1. The Kier molecular flexibility index (Phi) is 5.87. The van der Waals surface area contributed by atoms with Crippen LogP contribution in [0, 0.1) is 0 Å². The van der Waals surface area contributed by atoms with Crippen molar-refractivity contribution in [2.75, 3.05) is 5.32 Å². The van der Waals surface area contributed by atoms with Gasteiger partial charge in [0.25, 0.3) is 5.91 Å². The molecule has 2 aromatic heterocycles. The number of pyridine rings is 1. The SMILES string of the molecule is O=C(NC(=S)Nc1ccc(Cl)c(-c2nc3ncccc3o2)c1)c1cc(Cl)ccc1Cl. The van der Waals surface area contributed by atoms with E-state index in [0.717, 1.165) is 0 Å². The standard InChI is InChI=1S/C20H11Cl3N4O2S/c21-10-3-5-14(22)12(8-10)18(28)27-20(30)25-11-4-6-15(23)13(9-11)19-26-17-16(29-19)2-1-7-24-17/h1-9H,(H2,25,27,28,30). The molecule has 0 aliphatic heterocycles. The van der Waals surface area contributed by atoms with Crippen molar-refractivity contribution in [2.24, 2.45) is 0 Å². The highest BCUT2D eigenvalue weighted by Crippen LogP contribution is 2.31. The van der Waals surface area contributed by atoms with Crippen molar-refractivity contribution in [3.05, 3.63) is 75.4 Å². The second kappa shape index (κ2) is 8.57. The molecule has 10 heteroatoms. The average molecular weight is 478 g/mol. The molecule has 2 heterocycles. The molecule has 0 fully saturated rings. The Morgan fingerprint density at radius 2 is 1.83 bits per heavy atom. The molecule has 2 N–H and O–H groups in total. The van der Waals surface area contributed by atoms with Crippen LogP contribution in [0.1, 0.15) is 10.4 Å². The van der Waals surface area contributed by atoms with E-state index in [1.54, 1.807) is 42.6 Å². The van der Waals surface area contributed by atoms with Crippen LogP contribution >= 0.6 is 47.0 Å². The van der Waals surface area contributed by atoms with E-state index in [1.807, 2.05) is 0 Å². The van der Waals surface area contributed by atoms with Gasteiger partial charge in [0.2, 0.25) is 5.89 Å². The number of oxazole rings is 1. The number of anilines is 1. The summed E-state index contributed by atoms with van der Waals surface area (Å²) in [6, 6.07) is 13.2. The minimum atomic E-state index is -0.487. The summed E-state index contributed by atoms with van der Waals surface area (Å²) in [6.07, 6.45) is 1.63. The van der Waals surface area contributed by atoms with Gasteiger partial charge in [-0.1, -0.05) is 34.8 Å². The predicted molar refractivity (Wildman–Crippen MR) is 122 cm³/mol. The predicted octanol–water partition coefficient (Wildman–Crippen LogP) is 5.98. The zero-order valence-electron chi connectivity index (χ0n) is 14.9. The molecule has 0 saturated carbocycles. The Bertz CT molecular complexity index is 1260. The van der Waals surface area contributed by atoms with Crippen LogP contribution in [0.25, 0.3) is 22.7 Å². The molecule has 2 aromatic carbocycles. The van der Waals surface area contributed by atoms with Crippen molar-refractivity contribution in [1.82, 2.24) is 15.3 Å². The first-order chi connectivity index (χ1) is 14.4. The van der Waals surface area contributed by atoms with Crippen LogP contribution in [0.3, 0.4) is 0 Å². The highest BCUT2D eigenvalue weighted by molar-refractivity contribution is 7.80. The Labute approximate surface area is 191 Å². The second-order valence-corrected chi connectivity index (χ2v) is 7.73. The largest absolute Gasteiger partial charge is 0.434 e. The first-order valence-electron chi connectivity index (χ1n) is 8.49. The van der Waals surface area contributed by atoms with E-state index in [2.05, 4.69) is 20.6 Å². The number of hydrogen-bond acceptors (Lipinski definition) is 5. The van der Waals surface area contributed by atoms with E-state index < -0.39 is 5.91 Å². The number of hydrogen-bond donors (Lipinski definition) is 2. The molecule has 0 saturated heterocycles. The van der Waals surface area contributed by atoms with E-state index in [0.29, 0.717) is 38.4 Å². The summed E-state index contributed by atoms with van der Waals surface area (Å²) in [5, 5.41) is 6.65. The maximum Gasteiger partial charge on any atom is 0.258 e. The molecule has 0 bridgehead atoms. The molecule has 6 nitrogen and oxygen atoms in total. The lowest BCUT2D eigenvalue weighted by molar-refractivity contribution is 0.0978. The van der Waals surface area contributed by atoms with Crippen LogP contribution in [0.4, 0.5) is 5.69 Å². The summed E-state index contributed by atoms with van der Waals surface area (Å²) in [4.78, 5) is 20.9. The van der Waals surface area contributed by atoms with Gasteiger partial charge in [-0.2, -0.15) is 4.98 Å². The number of nitrogens with one attached hydrogen (secondary N) is 2. The minimum absolute atomic E-state index is 0.0727. The summed E-state index contributed by atoms with van der Waals surface area (Å²) in [5.74, 6) is -0.169. The maximum atomic E-state index is 12.4. The van der Waals surface area contributed by atoms with E-state index in [9.17, 15) is 4.79 Å². The molecule has 4 rings (SSSR count). The van der Waals surface area contributed by atoms with E-state index in [4.69, 9.17) is 51.4 Å². The smallest absolute Gasteiger partial charge is 0.258 e. The van der Waals surface area contributed by atoms with Gasteiger partial charge in [-0.05, 0) is 60.7 Å². The van der Waals surface area contributed by atoms with Gasteiger partial charge in [0, 0.05) is 16.9 Å². The van der Waals surface area contributed by atoms with E-state index >= 15 is 0 Å². The van der Waals surface area contributed by atoms with Gasteiger partial charge < -0.3 is 9.73 Å². The van der Waals surface area contributed by atoms with E-state index in [1.165, 1.54) is 12.1 Å². The Morgan fingerprint density at radius 3 is 2.63 bits per heavy atom. The molecule has 0 radical (unpaired) electrons. The van der Waals surface area contributed by atoms with Crippen molar-refractivity contribution in [1.29, 1.82) is 0 Å². The maximum absolute atomic E-state index is 12.4. The first-order valence-corrected chi connectivity index (χ1v) is 10.0. The van der Waals surface area contributed by atoms with Gasteiger partial charge in [-0.15, -0.1) is 0 Å². The van der Waals surface area contributed by atoms with Crippen LogP contribution in [0.5, 0.6) is 0 Å².